The van der Waals surface area contributed by atoms with Crippen LogP contribution in [0.15, 0.2) is 12.1 Å². The summed E-state index contributed by atoms with van der Waals surface area (Å²) in [4.78, 5) is 10.3. The van der Waals surface area contributed by atoms with E-state index in [2.05, 4.69) is 0 Å². The third-order valence-corrected chi connectivity index (χ3v) is 1.82. The Bertz CT molecular complexity index is 290. The molecule has 0 radical (unpaired) electrons. The van der Waals surface area contributed by atoms with Gasteiger partial charge in [-0.05, 0) is 12.1 Å². The number of hydrogen-bond acceptors (Lipinski definition) is 2. The number of nitrogens with zero attached hydrogens (tertiary/aromatic N) is 1. The number of carboxylic acids is 1. The lowest BCUT2D eigenvalue weighted by atomic mass is 10.3. The molecule has 0 aliphatic rings. The molecule has 0 spiro atoms. The van der Waals surface area contributed by atoms with Crippen LogP contribution in [-0.4, -0.2) is 20.7 Å². The van der Waals surface area contributed by atoms with E-state index in [1.807, 2.05) is 0 Å². The zero-order chi connectivity index (χ0) is 9.14. The quantitative estimate of drug-likeness (QED) is 0.676. The van der Waals surface area contributed by atoms with Crippen LogP contribution in [0.3, 0.4) is 0 Å². The number of carbonyl (C=O) groups is 1. The van der Waals surface area contributed by atoms with Crippen molar-refractivity contribution in [3.05, 3.63) is 23.5 Å². The van der Waals surface area contributed by atoms with Crippen molar-refractivity contribution in [1.29, 1.82) is 0 Å². The van der Waals surface area contributed by atoms with Crippen molar-refractivity contribution in [2.75, 3.05) is 0 Å². The Balaban J connectivity index is 2.87. The van der Waals surface area contributed by atoms with Crippen molar-refractivity contribution in [1.82, 2.24) is 4.57 Å². The first kappa shape index (κ1) is 8.80. The molecule has 0 aliphatic carbocycles. The van der Waals surface area contributed by atoms with Crippen LogP contribution in [0, 0.1) is 0 Å². The van der Waals surface area contributed by atoms with Crippen LogP contribution < -0.4 is 0 Å². The number of aromatic nitrogens is 1. The fraction of sp³-hybridized carbons (Fsp3) is 0.375. The third kappa shape index (κ3) is 1.65. The van der Waals surface area contributed by atoms with Gasteiger partial charge in [0.05, 0.1) is 13.0 Å². The highest BCUT2D eigenvalue weighted by Crippen LogP contribution is 2.07. The predicted molar refractivity (Wildman–Crippen MR) is 42.7 cm³/mol. The molecule has 0 fully saturated rings. The van der Waals surface area contributed by atoms with Gasteiger partial charge >= 0.3 is 5.97 Å². The van der Waals surface area contributed by atoms with Gasteiger partial charge in [0.15, 0.2) is 0 Å². The fourth-order valence-corrected chi connectivity index (χ4v) is 1.09. The number of hydrogen-bond donors (Lipinski definition) is 2. The van der Waals surface area contributed by atoms with Crippen LogP contribution in [0.1, 0.15) is 11.4 Å². The predicted octanol–water partition coefficient (Wildman–Crippen LogP) is 0.145. The molecule has 2 N–H and O–H groups in total. The summed E-state index contributed by atoms with van der Waals surface area (Å²) in [6, 6.07) is 3.43. The van der Waals surface area contributed by atoms with E-state index in [9.17, 15) is 4.79 Å². The number of aliphatic hydroxyl groups excluding tert-OH is 1. The van der Waals surface area contributed by atoms with Crippen LogP contribution in [0.5, 0.6) is 0 Å². The molecule has 0 saturated heterocycles. The molecule has 0 amide bonds. The zero-order valence-electron chi connectivity index (χ0n) is 6.82. The number of rotatable bonds is 3. The molecule has 0 saturated carbocycles. The molecule has 1 aromatic rings. The SMILES string of the molecule is Cn1c(CO)ccc1CC(=O)O. The number of carboxylic acid groups (broad SMARTS) is 1. The van der Waals surface area contributed by atoms with E-state index in [0.29, 0.717) is 5.69 Å². The highest BCUT2D eigenvalue weighted by atomic mass is 16.4. The van der Waals surface area contributed by atoms with E-state index in [0.717, 1.165) is 5.69 Å². The van der Waals surface area contributed by atoms with Crippen molar-refractivity contribution in [3.63, 3.8) is 0 Å². The van der Waals surface area contributed by atoms with Crippen LogP contribution in [0.2, 0.25) is 0 Å². The molecule has 1 aromatic heterocycles. The molecule has 0 unspecified atom stereocenters. The molecule has 4 nitrogen and oxygen atoms in total. The van der Waals surface area contributed by atoms with Gasteiger partial charge in [0.1, 0.15) is 0 Å². The topological polar surface area (TPSA) is 62.5 Å². The Morgan fingerprint density at radius 3 is 2.50 bits per heavy atom. The molecule has 66 valence electrons. The fourth-order valence-electron chi connectivity index (χ4n) is 1.09. The number of aliphatic hydroxyl groups is 1. The molecular weight excluding hydrogens is 158 g/mol. The minimum Gasteiger partial charge on any atom is -0.481 e. The monoisotopic (exact) mass is 169 g/mol. The summed E-state index contributed by atoms with van der Waals surface area (Å²) in [5, 5.41) is 17.3. The second-order valence-electron chi connectivity index (χ2n) is 2.60. The normalized spacial score (nSPS) is 10.2. The lowest BCUT2D eigenvalue weighted by molar-refractivity contribution is -0.136. The maximum atomic E-state index is 10.3. The smallest absolute Gasteiger partial charge is 0.309 e. The minimum absolute atomic E-state index is 0.00347. The van der Waals surface area contributed by atoms with Crippen LogP contribution in [0.25, 0.3) is 0 Å². The highest BCUT2D eigenvalue weighted by Gasteiger charge is 2.06. The molecule has 1 rings (SSSR count). The standard InChI is InChI=1S/C8H11NO3/c1-9-6(4-8(11)12)2-3-7(9)5-10/h2-3,10H,4-5H2,1H3,(H,11,12). The van der Waals surface area contributed by atoms with E-state index >= 15 is 0 Å². The summed E-state index contributed by atoms with van der Waals surface area (Å²) in [5.41, 5.74) is 1.43. The molecule has 0 aliphatic heterocycles. The Hall–Kier alpha value is -1.29. The average molecular weight is 169 g/mol. The van der Waals surface area contributed by atoms with Crippen LogP contribution >= 0.6 is 0 Å². The summed E-state index contributed by atoms with van der Waals surface area (Å²) in [5.74, 6) is -0.860. The Morgan fingerprint density at radius 1 is 1.50 bits per heavy atom. The maximum Gasteiger partial charge on any atom is 0.309 e. The van der Waals surface area contributed by atoms with E-state index in [1.54, 1.807) is 23.7 Å². The Morgan fingerprint density at radius 2 is 2.08 bits per heavy atom. The molecule has 0 atom stereocenters. The summed E-state index contributed by atoms with van der Waals surface area (Å²) in [6.45, 7) is -0.0594. The number of aliphatic carboxylic acids is 1. The first-order valence-corrected chi connectivity index (χ1v) is 3.61. The van der Waals surface area contributed by atoms with E-state index in [1.165, 1.54) is 0 Å². The van der Waals surface area contributed by atoms with Gasteiger partial charge in [0.25, 0.3) is 0 Å². The lowest BCUT2D eigenvalue weighted by Gasteiger charge is -2.02. The van der Waals surface area contributed by atoms with Crippen LogP contribution in [0.4, 0.5) is 0 Å². The van der Waals surface area contributed by atoms with E-state index < -0.39 is 5.97 Å². The van der Waals surface area contributed by atoms with Gasteiger partial charge in [-0.25, -0.2) is 0 Å². The largest absolute Gasteiger partial charge is 0.481 e. The lowest BCUT2D eigenvalue weighted by Crippen LogP contribution is -2.06. The van der Waals surface area contributed by atoms with Crippen molar-refractivity contribution in [2.24, 2.45) is 7.05 Å². The van der Waals surface area contributed by atoms with E-state index in [4.69, 9.17) is 10.2 Å². The minimum atomic E-state index is -0.860. The summed E-state index contributed by atoms with van der Waals surface area (Å²) in [7, 11) is 1.74. The molecule has 1 heterocycles. The maximum absolute atomic E-state index is 10.3. The zero-order valence-corrected chi connectivity index (χ0v) is 6.82. The van der Waals surface area contributed by atoms with Crippen molar-refractivity contribution in [2.45, 2.75) is 13.0 Å². The van der Waals surface area contributed by atoms with Gasteiger partial charge < -0.3 is 14.8 Å². The molecular formula is C8H11NO3. The van der Waals surface area contributed by atoms with E-state index in [-0.39, 0.29) is 13.0 Å². The summed E-state index contributed by atoms with van der Waals surface area (Å²) < 4.78 is 1.69. The van der Waals surface area contributed by atoms with Gasteiger partial charge in [0, 0.05) is 18.4 Å². The van der Waals surface area contributed by atoms with Gasteiger partial charge in [-0.15, -0.1) is 0 Å². The molecule has 0 bridgehead atoms. The second kappa shape index (κ2) is 3.40. The molecule has 12 heavy (non-hydrogen) atoms. The Kier molecular flexibility index (Phi) is 2.50. The summed E-state index contributed by atoms with van der Waals surface area (Å²) in [6.07, 6.45) is -0.00347. The van der Waals surface area contributed by atoms with Gasteiger partial charge in [0.2, 0.25) is 0 Å². The molecule has 4 heteroatoms. The molecule has 0 aromatic carbocycles. The second-order valence-corrected chi connectivity index (χ2v) is 2.60. The van der Waals surface area contributed by atoms with Gasteiger partial charge in [-0.2, -0.15) is 0 Å². The first-order valence-electron chi connectivity index (χ1n) is 3.61. The van der Waals surface area contributed by atoms with Gasteiger partial charge in [-0.3, -0.25) is 4.79 Å². The Labute approximate surface area is 70.1 Å². The summed E-state index contributed by atoms with van der Waals surface area (Å²) >= 11 is 0. The highest BCUT2D eigenvalue weighted by molar-refractivity contribution is 5.69. The van der Waals surface area contributed by atoms with Gasteiger partial charge in [-0.1, -0.05) is 0 Å². The average Bonchev–Trinajstić information content (AvgIpc) is 2.32. The van der Waals surface area contributed by atoms with Crippen molar-refractivity contribution >= 4 is 5.97 Å². The van der Waals surface area contributed by atoms with Crippen molar-refractivity contribution < 1.29 is 15.0 Å². The first-order chi connectivity index (χ1) is 5.65. The third-order valence-electron chi connectivity index (χ3n) is 1.82. The van der Waals surface area contributed by atoms with Crippen LogP contribution in [-0.2, 0) is 24.9 Å². The van der Waals surface area contributed by atoms with Crippen molar-refractivity contribution in [3.8, 4) is 0 Å².